The summed E-state index contributed by atoms with van der Waals surface area (Å²) in [6, 6.07) is 2.26. The third-order valence-corrected chi connectivity index (χ3v) is 3.86. The average molecular weight is 296 g/mol. The zero-order valence-corrected chi connectivity index (χ0v) is 12.9. The second-order valence-corrected chi connectivity index (χ2v) is 6.16. The maximum Gasteiger partial charge on any atom is 0.222 e. The maximum absolute atomic E-state index is 12.0. The Kier molecular flexibility index (Phi) is 5.24. The summed E-state index contributed by atoms with van der Waals surface area (Å²) >= 11 is 6.09. The van der Waals surface area contributed by atoms with Crippen molar-refractivity contribution in [2.24, 2.45) is 5.92 Å². The number of carbonyl (C=O) groups is 1. The van der Waals surface area contributed by atoms with E-state index in [0.717, 1.165) is 31.6 Å². The topological polar surface area (TPSA) is 45.2 Å². The van der Waals surface area contributed by atoms with Gasteiger partial charge in [0.1, 0.15) is 0 Å². The highest BCUT2D eigenvalue weighted by Gasteiger charge is 2.23. The van der Waals surface area contributed by atoms with Gasteiger partial charge in [-0.25, -0.2) is 0 Å². The lowest BCUT2D eigenvalue weighted by atomic mass is 10.0. The van der Waals surface area contributed by atoms with E-state index in [1.807, 2.05) is 11.0 Å². The summed E-state index contributed by atoms with van der Waals surface area (Å²) in [6.07, 6.45) is 5.94. The third kappa shape index (κ3) is 4.10. The van der Waals surface area contributed by atoms with Crippen LogP contribution in [-0.2, 0) is 4.79 Å². The average Bonchev–Trinajstić information content (AvgIpc) is 2.41. The smallest absolute Gasteiger partial charge is 0.222 e. The van der Waals surface area contributed by atoms with E-state index in [1.165, 1.54) is 0 Å². The van der Waals surface area contributed by atoms with Gasteiger partial charge in [0.25, 0.3) is 0 Å². The maximum atomic E-state index is 12.0. The van der Waals surface area contributed by atoms with Crippen molar-refractivity contribution in [3.8, 4) is 0 Å². The lowest BCUT2D eigenvalue weighted by Gasteiger charge is -2.33. The van der Waals surface area contributed by atoms with Crippen molar-refractivity contribution in [3.63, 3.8) is 0 Å². The summed E-state index contributed by atoms with van der Waals surface area (Å²) < 4.78 is 0. The molecule has 1 saturated heterocycles. The minimum absolute atomic E-state index is 0.278. The number of nitrogens with one attached hydrogen (secondary N) is 1. The number of likely N-dealkylation sites (tertiary alicyclic amines) is 1. The summed E-state index contributed by atoms with van der Waals surface area (Å²) in [5.41, 5.74) is 0.925. The molecule has 1 amide bonds. The molecule has 0 aliphatic carbocycles. The number of piperidine rings is 1. The number of pyridine rings is 1. The molecule has 110 valence electrons. The van der Waals surface area contributed by atoms with Gasteiger partial charge in [-0.2, -0.15) is 0 Å². The van der Waals surface area contributed by atoms with Crippen molar-refractivity contribution in [1.29, 1.82) is 0 Å². The van der Waals surface area contributed by atoms with Crippen LogP contribution >= 0.6 is 11.6 Å². The van der Waals surface area contributed by atoms with E-state index in [9.17, 15) is 4.79 Å². The first-order valence-electron chi connectivity index (χ1n) is 7.20. The molecule has 1 aromatic heterocycles. The second-order valence-electron chi connectivity index (χ2n) is 5.75. The van der Waals surface area contributed by atoms with Gasteiger partial charge in [-0.05, 0) is 24.8 Å². The highest BCUT2D eigenvalue weighted by atomic mass is 35.5. The Labute approximate surface area is 125 Å². The Morgan fingerprint density at radius 2 is 2.20 bits per heavy atom. The fourth-order valence-electron chi connectivity index (χ4n) is 2.46. The minimum atomic E-state index is 0.278. The van der Waals surface area contributed by atoms with Gasteiger partial charge in [0.15, 0.2) is 0 Å². The molecule has 0 saturated carbocycles. The van der Waals surface area contributed by atoms with Crippen molar-refractivity contribution < 1.29 is 4.79 Å². The number of rotatable bonds is 4. The standard InChI is InChI=1S/C15H22ClN3O/c1-11(2)9-15(20)19-7-4-12(5-8-19)18-14-3-6-17-10-13(14)16/h3,6,10-12H,4-5,7-9H2,1-2H3,(H,17,18). The molecule has 2 rings (SSSR count). The van der Waals surface area contributed by atoms with E-state index in [1.54, 1.807) is 12.4 Å². The van der Waals surface area contributed by atoms with E-state index in [2.05, 4.69) is 24.1 Å². The van der Waals surface area contributed by atoms with Crippen molar-refractivity contribution in [3.05, 3.63) is 23.5 Å². The summed E-state index contributed by atoms with van der Waals surface area (Å²) in [7, 11) is 0. The van der Waals surface area contributed by atoms with Gasteiger partial charge in [0.2, 0.25) is 5.91 Å². The fraction of sp³-hybridized carbons (Fsp3) is 0.600. The highest BCUT2D eigenvalue weighted by Crippen LogP contribution is 2.23. The molecule has 0 radical (unpaired) electrons. The quantitative estimate of drug-likeness (QED) is 0.928. The van der Waals surface area contributed by atoms with Crippen LogP contribution in [0, 0.1) is 5.92 Å². The van der Waals surface area contributed by atoms with Crippen LogP contribution in [0.5, 0.6) is 0 Å². The molecule has 2 heterocycles. The molecule has 1 aliphatic heterocycles. The van der Waals surface area contributed by atoms with E-state index in [4.69, 9.17) is 11.6 Å². The van der Waals surface area contributed by atoms with Crippen LogP contribution in [0.1, 0.15) is 33.1 Å². The minimum Gasteiger partial charge on any atom is -0.381 e. The molecule has 20 heavy (non-hydrogen) atoms. The molecule has 1 N–H and O–H groups in total. The van der Waals surface area contributed by atoms with Gasteiger partial charge in [-0.1, -0.05) is 25.4 Å². The molecular formula is C15H22ClN3O. The number of amides is 1. The van der Waals surface area contributed by atoms with Crippen LogP contribution in [-0.4, -0.2) is 34.9 Å². The first-order chi connectivity index (χ1) is 9.56. The van der Waals surface area contributed by atoms with E-state index < -0.39 is 0 Å². The predicted octanol–water partition coefficient (Wildman–Crippen LogP) is 3.18. The Bertz CT molecular complexity index is 456. The Morgan fingerprint density at radius 3 is 2.80 bits per heavy atom. The van der Waals surface area contributed by atoms with E-state index in [-0.39, 0.29) is 5.91 Å². The van der Waals surface area contributed by atoms with E-state index >= 15 is 0 Å². The Hall–Kier alpha value is -1.29. The summed E-state index contributed by atoms with van der Waals surface area (Å²) in [5, 5.41) is 4.08. The van der Waals surface area contributed by atoms with Crippen LogP contribution in [0.15, 0.2) is 18.5 Å². The van der Waals surface area contributed by atoms with Gasteiger partial charge < -0.3 is 10.2 Å². The number of carbonyl (C=O) groups excluding carboxylic acids is 1. The lowest BCUT2D eigenvalue weighted by molar-refractivity contribution is -0.132. The van der Waals surface area contributed by atoms with Gasteiger partial charge >= 0.3 is 0 Å². The number of hydrogen-bond acceptors (Lipinski definition) is 3. The second kappa shape index (κ2) is 6.93. The molecule has 0 unspecified atom stereocenters. The molecule has 0 aromatic carbocycles. The zero-order valence-electron chi connectivity index (χ0n) is 12.1. The molecule has 4 nitrogen and oxygen atoms in total. The van der Waals surface area contributed by atoms with E-state index in [0.29, 0.717) is 23.4 Å². The Morgan fingerprint density at radius 1 is 1.50 bits per heavy atom. The van der Waals surface area contributed by atoms with Crippen molar-refractivity contribution in [1.82, 2.24) is 9.88 Å². The monoisotopic (exact) mass is 295 g/mol. The highest BCUT2D eigenvalue weighted by molar-refractivity contribution is 6.33. The third-order valence-electron chi connectivity index (χ3n) is 3.56. The van der Waals surface area contributed by atoms with Crippen LogP contribution in [0.25, 0.3) is 0 Å². The van der Waals surface area contributed by atoms with Crippen LogP contribution in [0.3, 0.4) is 0 Å². The molecule has 1 aromatic rings. The molecule has 1 aliphatic rings. The largest absolute Gasteiger partial charge is 0.381 e. The molecule has 1 fully saturated rings. The number of halogens is 1. The van der Waals surface area contributed by atoms with Crippen LogP contribution < -0.4 is 5.32 Å². The molecular weight excluding hydrogens is 274 g/mol. The normalized spacial score (nSPS) is 16.5. The van der Waals surface area contributed by atoms with Crippen LogP contribution in [0.2, 0.25) is 5.02 Å². The molecule has 0 bridgehead atoms. The molecule has 0 atom stereocenters. The summed E-state index contributed by atoms with van der Waals surface area (Å²) in [5.74, 6) is 0.703. The van der Waals surface area contributed by atoms with Gasteiger partial charge in [-0.3, -0.25) is 9.78 Å². The number of nitrogens with zero attached hydrogens (tertiary/aromatic N) is 2. The number of aromatic nitrogens is 1. The van der Waals surface area contributed by atoms with Crippen LogP contribution in [0.4, 0.5) is 5.69 Å². The number of hydrogen-bond donors (Lipinski definition) is 1. The van der Waals surface area contributed by atoms with Crippen molar-refractivity contribution in [2.75, 3.05) is 18.4 Å². The van der Waals surface area contributed by atoms with Crippen molar-refractivity contribution in [2.45, 2.75) is 39.2 Å². The van der Waals surface area contributed by atoms with Gasteiger partial charge in [0, 0.05) is 37.9 Å². The predicted molar refractivity (Wildman–Crippen MR) is 81.9 cm³/mol. The first kappa shape index (κ1) is 15.1. The fourth-order valence-corrected chi connectivity index (χ4v) is 2.64. The van der Waals surface area contributed by atoms with Gasteiger partial charge in [-0.15, -0.1) is 0 Å². The van der Waals surface area contributed by atoms with Gasteiger partial charge in [0.05, 0.1) is 10.7 Å². The number of anilines is 1. The summed E-state index contributed by atoms with van der Waals surface area (Å²) in [4.78, 5) is 18.0. The summed E-state index contributed by atoms with van der Waals surface area (Å²) in [6.45, 7) is 5.81. The lowest BCUT2D eigenvalue weighted by Crippen LogP contribution is -2.42. The Balaban J connectivity index is 1.83. The first-order valence-corrected chi connectivity index (χ1v) is 7.58. The molecule has 5 heteroatoms. The molecule has 0 spiro atoms. The zero-order chi connectivity index (χ0) is 14.5. The SMILES string of the molecule is CC(C)CC(=O)N1CCC(Nc2ccncc2Cl)CC1. The van der Waals surface area contributed by atoms with Crippen molar-refractivity contribution >= 4 is 23.2 Å².